The van der Waals surface area contributed by atoms with Crippen molar-refractivity contribution >= 4 is 11.8 Å². The van der Waals surface area contributed by atoms with Gasteiger partial charge in [0.05, 0.1) is 39.6 Å². The number of rotatable bonds is 9. The average Bonchev–Trinajstić information content (AvgIpc) is 3.37. The van der Waals surface area contributed by atoms with Gasteiger partial charge in [-0.2, -0.15) is 0 Å². The lowest BCUT2D eigenvalue weighted by Crippen LogP contribution is -2.69. The Balaban J connectivity index is 1.23. The number of Topliss-reactive ketones (excluding diaryl/α,β-unsaturated/α-hetero) is 1. The number of ether oxygens (including phenoxy) is 13. The molecule has 32 nitrogen and oxygen atoms in total. The molecule has 0 amide bonds. The van der Waals surface area contributed by atoms with Gasteiger partial charge in [-0.15, -0.1) is 0 Å². The van der Waals surface area contributed by atoms with Crippen LogP contribution in [0.5, 0.6) is 0 Å². The Hall–Kier alpha value is -2.02. The maximum atomic E-state index is 13.3. The Morgan fingerprint density at radius 1 is 0.342 bits per heavy atom. The molecule has 22 fully saturated rings. The zero-order chi connectivity index (χ0) is 53.5. The largest absolute Gasteiger partial charge is 0.456 e. The maximum absolute atomic E-state index is 13.3. The minimum absolute atomic E-state index is 0.709. The highest BCUT2D eigenvalue weighted by molar-refractivity contribution is 5.97. The molecule has 17 N–H and O–H groups in total. The van der Waals surface area contributed by atoms with E-state index in [4.69, 9.17) is 61.6 Å². The third-order valence-electron chi connectivity index (χ3n) is 13.9. The van der Waals surface area contributed by atoms with Crippen LogP contribution >= 0.6 is 0 Å². The highest BCUT2D eigenvalue weighted by Crippen LogP contribution is 2.38. The van der Waals surface area contributed by atoms with Crippen molar-refractivity contribution < 1.29 is 158 Å². The van der Waals surface area contributed by atoms with Crippen molar-refractivity contribution in [3.8, 4) is 0 Å². The smallest absolute Gasteiger partial charge is 0.316 e. The van der Waals surface area contributed by atoms with Crippen molar-refractivity contribution in [3.63, 3.8) is 0 Å². The molecule has 12 bridgehead atoms. The number of hydrogen-bond acceptors (Lipinski definition) is 32. The summed E-state index contributed by atoms with van der Waals surface area (Å²) in [6, 6.07) is 0. The van der Waals surface area contributed by atoms with Gasteiger partial charge in [-0.25, -0.2) is 0 Å². The fraction of sp³-hybridized carbons (Fsp3) is 0.951. The van der Waals surface area contributed by atoms with E-state index in [-0.39, 0.29) is 0 Å². The fourth-order valence-electron chi connectivity index (χ4n) is 9.45. The van der Waals surface area contributed by atoms with Crippen molar-refractivity contribution in [2.24, 2.45) is 5.92 Å². The lowest BCUT2D eigenvalue weighted by Gasteiger charge is -2.51. The molecule has 22 aliphatic rings. The van der Waals surface area contributed by atoms with E-state index in [1.54, 1.807) is 0 Å². The van der Waals surface area contributed by atoms with Crippen molar-refractivity contribution in [2.75, 3.05) is 39.6 Å². The van der Waals surface area contributed by atoms with Crippen LogP contribution in [0.3, 0.4) is 0 Å². The van der Waals surface area contributed by atoms with Gasteiger partial charge in [0.1, 0.15) is 152 Å². The zero-order valence-corrected chi connectivity index (χ0v) is 38.9. The van der Waals surface area contributed by atoms with Crippen LogP contribution in [0.2, 0.25) is 0 Å². The van der Waals surface area contributed by atoms with Crippen molar-refractivity contribution in [2.45, 2.75) is 198 Å². The van der Waals surface area contributed by atoms with Crippen LogP contribution in [0, 0.1) is 5.92 Å². The Bertz CT molecular complexity index is 1770. The summed E-state index contributed by atoms with van der Waals surface area (Å²) in [5.74, 6) is -3.48. The molecule has 73 heavy (non-hydrogen) atoms. The van der Waals surface area contributed by atoms with Crippen LogP contribution in [0.4, 0.5) is 0 Å². The van der Waals surface area contributed by atoms with Gasteiger partial charge in [-0.3, -0.25) is 9.59 Å². The fourth-order valence-corrected chi connectivity index (χ4v) is 9.45. The van der Waals surface area contributed by atoms with Crippen LogP contribution < -0.4 is 0 Å². The van der Waals surface area contributed by atoms with Crippen LogP contribution in [-0.4, -0.2) is 322 Å². The van der Waals surface area contributed by atoms with Crippen LogP contribution in [-0.2, 0) is 71.2 Å². The summed E-state index contributed by atoms with van der Waals surface area (Å²) in [5, 5.41) is 187. The van der Waals surface area contributed by atoms with Gasteiger partial charge in [0, 0.05) is 0 Å². The molecule has 31 atom stereocenters. The van der Waals surface area contributed by atoms with E-state index in [0.717, 1.165) is 13.8 Å². The first kappa shape index (κ1) is 58.7. The van der Waals surface area contributed by atoms with E-state index >= 15 is 0 Å². The van der Waals surface area contributed by atoms with E-state index in [2.05, 4.69) is 0 Å². The third kappa shape index (κ3) is 11.7. The predicted molar refractivity (Wildman–Crippen MR) is 220 cm³/mol. The predicted octanol–water partition coefficient (Wildman–Crippen LogP) is -12.3. The number of ketones is 1. The summed E-state index contributed by atoms with van der Waals surface area (Å²) in [6.07, 6.45) is -60.4. The molecule has 22 rings (SSSR count). The van der Waals surface area contributed by atoms with Crippen molar-refractivity contribution in [3.05, 3.63) is 0 Å². The van der Waals surface area contributed by atoms with Crippen molar-refractivity contribution in [1.82, 2.24) is 0 Å². The number of carbonyl (C=O) groups is 2. The molecule has 0 radical (unpaired) electrons. The Kier molecular flexibility index (Phi) is 19.9. The Labute approximate surface area is 413 Å². The first-order valence-electron chi connectivity index (χ1n) is 23.3. The lowest BCUT2D eigenvalue weighted by molar-refractivity contribution is -0.404. The first-order chi connectivity index (χ1) is 34.6. The van der Waals surface area contributed by atoms with Crippen molar-refractivity contribution in [1.29, 1.82) is 0 Å². The molecule has 1 unspecified atom stereocenters. The zero-order valence-electron chi connectivity index (χ0n) is 38.9. The van der Waals surface area contributed by atoms with E-state index in [1.165, 1.54) is 0 Å². The number of esters is 1. The number of hydrogen-bond donors (Lipinski definition) is 17. The minimum Gasteiger partial charge on any atom is -0.456 e. The molecule has 0 aromatic carbocycles. The molecule has 0 spiro atoms. The molecule has 22 heterocycles. The summed E-state index contributed by atoms with van der Waals surface area (Å²) in [4.78, 5) is 25.5. The SMILES string of the molecule is CC(=O)C(C)C(=O)O[C@@H]1[C@@H](O)[C@H]2O[C@H]3[C@H](O)[C@@H](O)[C@@H](O[C@H]4[C@H](O)[C@@H](O)[C@@H](O[C@H]5[C@H](O)[C@@H](O)[C@@H](O[C@H]6[C@H](O)[C@@H](O)[C@@H](O[C@H]7[C@H](O)[C@@H](O)[C@@H](O[C@H]1[C@@H](CO)O2)O[C@@H]7CO)O[C@@H]6CO)O[C@@H]5CO)O[C@@H]4CO)O[C@@H]3CO. The Morgan fingerprint density at radius 3 is 0.767 bits per heavy atom. The molecule has 0 aromatic rings. The van der Waals surface area contributed by atoms with E-state index < -0.39 is 242 Å². The van der Waals surface area contributed by atoms with E-state index in [1.807, 2.05) is 0 Å². The third-order valence-corrected chi connectivity index (χ3v) is 13.9. The summed E-state index contributed by atoms with van der Waals surface area (Å²) >= 11 is 0. The number of aliphatic hydroxyl groups is 17. The van der Waals surface area contributed by atoms with E-state index in [0.29, 0.717) is 0 Å². The number of carbonyl (C=O) groups excluding carboxylic acids is 2. The van der Waals surface area contributed by atoms with Gasteiger partial charge < -0.3 is 148 Å². The molecule has 0 aliphatic carbocycles. The highest BCUT2D eigenvalue weighted by Gasteiger charge is 2.59. The first-order valence-corrected chi connectivity index (χ1v) is 23.3. The summed E-state index contributed by atoms with van der Waals surface area (Å²) in [6.45, 7) is -4.11. The van der Waals surface area contributed by atoms with Gasteiger partial charge in [-0.05, 0) is 13.8 Å². The van der Waals surface area contributed by atoms with Gasteiger partial charge in [0.15, 0.2) is 43.8 Å². The molecule has 0 aromatic heterocycles. The molecular formula is C41H66O32. The van der Waals surface area contributed by atoms with Crippen LogP contribution in [0.15, 0.2) is 0 Å². The van der Waals surface area contributed by atoms with Gasteiger partial charge in [-0.1, -0.05) is 0 Å². The number of aliphatic hydroxyl groups excluding tert-OH is 17. The molecule has 422 valence electrons. The summed E-state index contributed by atoms with van der Waals surface area (Å²) < 4.78 is 74.3. The quantitative estimate of drug-likeness (QED) is 0.0753. The van der Waals surface area contributed by atoms with E-state index in [9.17, 15) is 96.4 Å². The van der Waals surface area contributed by atoms with Gasteiger partial charge in [0.25, 0.3) is 0 Å². The molecule has 22 aliphatic heterocycles. The molecule has 32 heteroatoms. The molecule has 0 saturated carbocycles. The lowest BCUT2D eigenvalue weighted by atomic mass is 9.94. The molecule has 22 saturated heterocycles. The monoisotopic (exact) mass is 1070 g/mol. The van der Waals surface area contributed by atoms with Crippen LogP contribution in [0.1, 0.15) is 13.8 Å². The topological polar surface area (TPSA) is 498 Å². The second kappa shape index (κ2) is 24.8. The highest BCUT2D eigenvalue weighted by atomic mass is 16.8. The normalized spacial score (nSPS) is 51.5. The molecular weight excluding hydrogens is 1000 g/mol. The second-order valence-electron chi connectivity index (χ2n) is 18.6. The summed E-state index contributed by atoms with van der Waals surface area (Å²) in [7, 11) is 0. The Morgan fingerprint density at radius 2 is 0.548 bits per heavy atom. The van der Waals surface area contributed by atoms with Gasteiger partial charge in [0.2, 0.25) is 0 Å². The summed E-state index contributed by atoms with van der Waals surface area (Å²) in [5.41, 5.74) is 0. The van der Waals surface area contributed by atoms with Crippen LogP contribution in [0.25, 0.3) is 0 Å². The second-order valence-corrected chi connectivity index (χ2v) is 18.6. The minimum atomic E-state index is -2.27. The maximum Gasteiger partial charge on any atom is 0.316 e. The standard InChI is InChI=1S/C41H66O32/c1-9(10(2)48)35(60)67-34-27(59)41-66-16(8-47)33(34)73-40-26(58)21(53)31(14(6-45)65-40)71-38-24(56)19(51)29(12(4-43)63-38)69-36-22(54)17(49)28(11(3-42)61-36)68-37-23(55)18(50)30(13(5-44)62-37)70-39-25(57)20(52)32(72-41)15(7-46)64-39/h9,11-34,36-47,49-59H,3-8H2,1-2H3/t9?,11-,12-,13-,14-,15-,16-,17-,18-,19-,20-,21-,22-,23-,24-,25-,26-,27-,28-,29-,30-,31-,32-,33+,34-,36-,37-,38-,39-,40-,41-/m1/s1. The average molecular weight is 1070 g/mol. The van der Waals surface area contributed by atoms with Gasteiger partial charge >= 0.3 is 5.97 Å².